The Balaban J connectivity index is 2.03. The number of rotatable bonds is 1. The zero-order valence-corrected chi connectivity index (χ0v) is 9.01. The lowest BCUT2D eigenvalue weighted by molar-refractivity contribution is -0.120. The van der Waals surface area contributed by atoms with Gasteiger partial charge in [-0.2, -0.15) is 0 Å². The predicted molar refractivity (Wildman–Crippen MR) is 53.9 cm³/mol. The Morgan fingerprint density at radius 2 is 2.36 bits per heavy atom. The van der Waals surface area contributed by atoms with E-state index in [1.807, 2.05) is 0 Å². The van der Waals surface area contributed by atoms with Crippen LogP contribution in [0.25, 0.3) is 0 Å². The number of carbonyl (C=O) groups is 1. The molecule has 0 bridgehead atoms. The fourth-order valence-corrected chi connectivity index (χ4v) is 2.52. The SMILES string of the molecule is CC(C)C1CC2(CCO1)CNC(=O)C2. The molecule has 0 aliphatic carbocycles. The van der Waals surface area contributed by atoms with Crippen LogP contribution in [-0.4, -0.2) is 25.2 Å². The van der Waals surface area contributed by atoms with E-state index in [4.69, 9.17) is 4.74 Å². The fourth-order valence-electron chi connectivity index (χ4n) is 2.52. The summed E-state index contributed by atoms with van der Waals surface area (Å²) < 4.78 is 5.72. The normalized spacial score (nSPS) is 37.9. The number of hydrogen-bond acceptors (Lipinski definition) is 2. The maximum atomic E-state index is 11.2. The number of ether oxygens (including phenoxy) is 1. The van der Waals surface area contributed by atoms with Crippen molar-refractivity contribution in [3.63, 3.8) is 0 Å². The van der Waals surface area contributed by atoms with Crippen LogP contribution in [0.1, 0.15) is 33.1 Å². The second-order valence-corrected chi connectivity index (χ2v) is 5.06. The Labute approximate surface area is 85.2 Å². The van der Waals surface area contributed by atoms with Crippen LogP contribution in [0.2, 0.25) is 0 Å². The van der Waals surface area contributed by atoms with E-state index in [9.17, 15) is 4.79 Å². The van der Waals surface area contributed by atoms with Gasteiger partial charge in [-0.3, -0.25) is 4.79 Å². The zero-order valence-electron chi connectivity index (χ0n) is 9.01. The summed E-state index contributed by atoms with van der Waals surface area (Å²) >= 11 is 0. The molecule has 3 heteroatoms. The van der Waals surface area contributed by atoms with Crippen LogP contribution < -0.4 is 5.32 Å². The van der Waals surface area contributed by atoms with Gasteiger partial charge in [0.2, 0.25) is 5.91 Å². The van der Waals surface area contributed by atoms with E-state index in [1.165, 1.54) is 0 Å². The van der Waals surface area contributed by atoms with Crippen LogP contribution >= 0.6 is 0 Å². The van der Waals surface area contributed by atoms with Crippen LogP contribution in [0.4, 0.5) is 0 Å². The van der Waals surface area contributed by atoms with Crippen molar-refractivity contribution < 1.29 is 9.53 Å². The molecule has 0 radical (unpaired) electrons. The average Bonchev–Trinajstić information content (AvgIpc) is 2.47. The van der Waals surface area contributed by atoms with Crippen molar-refractivity contribution in [1.29, 1.82) is 0 Å². The number of nitrogens with one attached hydrogen (secondary N) is 1. The van der Waals surface area contributed by atoms with Crippen LogP contribution in [0, 0.1) is 11.3 Å². The first-order valence-corrected chi connectivity index (χ1v) is 5.50. The highest BCUT2D eigenvalue weighted by molar-refractivity contribution is 5.79. The summed E-state index contributed by atoms with van der Waals surface area (Å²) in [4.78, 5) is 11.2. The highest BCUT2D eigenvalue weighted by Gasteiger charge is 2.43. The molecule has 3 nitrogen and oxygen atoms in total. The van der Waals surface area contributed by atoms with E-state index < -0.39 is 0 Å². The lowest BCUT2D eigenvalue weighted by atomic mass is 9.75. The molecule has 2 aliphatic heterocycles. The molecule has 0 aromatic carbocycles. The molecule has 2 heterocycles. The van der Waals surface area contributed by atoms with Crippen molar-refractivity contribution in [3.8, 4) is 0 Å². The van der Waals surface area contributed by atoms with Gasteiger partial charge in [-0.1, -0.05) is 13.8 Å². The van der Waals surface area contributed by atoms with E-state index in [0.717, 1.165) is 26.0 Å². The molecular weight excluding hydrogens is 178 g/mol. The Morgan fingerprint density at radius 1 is 1.57 bits per heavy atom. The van der Waals surface area contributed by atoms with Gasteiger partial charge in [0.15, 0.2) is 0 Å². The lowest BCUT2D eigenvalue weighted by Gasteiger charge is -2.38. The molecule has 1 amide bonds. The Morgan fingerprint density at radius 3 is 2.93 bits per heavy atom. The minimum atomic E-state index is 0.213. The van der Waals surface area contributed by atoms with Gasteiger partial charge in [-0.25, -0.2) is 0 Å². The second kappa shape index (κ2) is 3.54. The Hall–Kier alpha value is -0.570. The number of amides is 1. The molecule has 0 aromatic rings. The zero-order chi connectivity index (χ0) is 10.2. The van der Waals surface area contributed by atoms with Gasteiger partial charge >= 0.3 is 0 Å². The van der Waals surface area contributed by atoms with Crippen molar-refractivity contribution in [3.05, 3.63) is 0 Å². The first kappa shape index (κ1) is 9.97. The maximum absolute atomic E-state index is 11.2. The van der Waals surface area contributed by atoms with Crippen LogP contribution in [0.5, 0.6) is 0 Å². The molecule has 1 spiro atoms. The summed E-state index contributed by atoms with van der Waals surface area (Å²) in [5.41, 5.74) is 0.213. The van der Waals surface area contributed by atoms with Crippen molar-refractivity contribution in [2.75, 3.05) is 13.2 Å². The summed E-state index contributed by atoms with van der Waals surface area (Å²) in [6.07, 6.45) is 3.13. The van der Waals surface area contributed by atoms with E-state index >= 15 is 0 Å². The van der Waals surface area contributed by atoms with Gasteiger partial charge in [0.05, 0.1) is 6.10 Å². The molecule has 0 aromatic heterocycles. The third-order valence-electron chi connectivity index (χ3n) is 3.54. The predicted octanol–water partition coefficient (Wildman–Crippen LogP) is 1.33. The van der Waals surface area contributed by atoms with Gasteiger partial charge in [0.1, 0.15) is 0 Å². The molecule has 0 saturated carbocycles. The summed E-state index contributed by atoms with van der Waals surface area (Å²) in [6, 6.07) is 0. The summed E-state index contributed by atoms with van der Waals surface area (Å²) in [6.45, 7) is 6.05. The van der Waals surface area contributed by atoms with Crippen LogP contribution in [0.15, 0.2) is 0 Å². The minimum Gasteiger partial charge on any atom is -0.378 e. The summed E-state index contributed by atoms with van der Waals surface area (Å²) in [5.74, 6) is 0.775. The van der Waals surface area contributed by atoms with Crippen molar-refractivity contribution in [2.45, 2.75) is 39.2 Å². The molecule has 2 aliphatic rings. The highest BCUT2D eigenvalue weighted by atomic mass is 16.5. The topological polar surface area (TPSA) is 38.3 Å². The van der Waals surface area contributed by atoms with Gasteiger partial charge in [0.25, 0.3) is 0 Å². The molecular formula is C11H19NO2. The smallest absolute Gasteiger partial charge is 0.220 e. The summed E-state index contributed by atoms with van der Waals surface area (Å²) in [5, 5.41) is 2.95. The molecule has 80 valence electrons. The minimum absolute atomic E-state index is 0.213. The number of carbonyl (C=O) groups excluding carboxylic acids is 1. The standard InChI is InChI=1S/C11H19NO2/c1-8(2)9-5-11(3-4-14-9)6-10(13)12-7-11/h8-9H,3-7H2,1-2H3,(H,12,13). The first-order valence-electron chi connectivity index (χ1n) is 5.50. The van der Waals surface area contributed by atoms with E-state index in [2.05, 4.69) is 19.2 Å². The summed E-state index contributed by atoms with van der Waals surface area (Å²) in [7, 11) is 0. The quantitative estimate of drug-likeness (QED) is 0.688. The van der Waals surface area contributed by atoms with Crippen molar-refractivity contribution in [1.82, 2.24) is 5.32 Å². The second-order valence-electron chi connectivity index (χ2n) is 5.06. The molecule has 2 atom stereocenters. The fraction of sp³-hybridized carbons (Fsp3) is 0.909. The molecule has 1 N–H and O–H groups in total. The largest absolute Gasteiger partial charge is 0.378 e. The van der Waals surface area contributed by atoms with Gasteiger partial charge in [-0.05, 0) is 18.8 Å². The van der Waals surface area contributed by atoms with E-state index in [-0.39, 0.29) is 11.3 Å². The third-order valence-corrected chi connectivity index (χ3v) is 3.54. The van der Waals surface area contributed by atoms with Crippen LogP contribution in [-0.2, 0) is 9.53 Å². The van der Waals surface area contributed by atoms with Crippen molar-refractivity contribution in [2.24, 2.45) is 11.3 Å². The Kier molecular flexibility index (Phi) is 2.52. The monoisotopic (exact) mass is 197 g/mol. The number of hydrogen-bond donors (Lipinski definition) is 1. The average molecular weight is 197 g/mol. The lowest BCUT2D eigenvalue weighted by Crippen LogP contribution is -2.39. The maximum Gasteiger partial charge on any atom is 0.220 e. The third kappa shape index (κ3) is 1.78. The van der Waals surface area contributed by atoms with Crippen molar-refractivity contribution >= 4 is 5.91 Å². The molecule has 14 heavy (non-hydrogen) atoms. The first-order chi connectivity index (χ1) is 6.61. The molecule has 2 rings (SSSR count). The van der Waals surface area contributed by atoms with Gasteiger partial charge in [-0.15, -0.1) is 0 Å². The van der Waals surface area contributed by atoms with Gasteiger partial charge in [0, 0.05) is 25.0 Å². The highest BCUT2D eigenvalue weighted by Crippen LogP contribution is 2.40. The Bertz CT molecular complexity index is 239. The molecule has 2 saturated heterocycles. The molecule has 2 unspecified atom stereocenters. The van der Waals surface area contributed by atoms with Crippen LogP contribution in [0.3, 0.4) is 0 Å². The van der Waals surface area contributed by atoms with E-state index in [0.29, 0.717) is 18.4 Å². The van der Waals surface area contributed by atoms with Gasteiger partial charge < -0.3 is 10.1 Å². The van der Waals surface area contributed by atoms with E-state index in [1.54, 1.807) is 0 Å². The molecule has 2 fully saturated rings.